The van der Waals surface area contributed by atoms with Crippen molar-refractivity contribution in [3.05, 3.63) is 53.0 Å². The van der Waals surface area contributed by atoms with Crippen molar-refractivity contribution >= 4 is 24.5 Å². The van der Waals surface area contributed by atoms with Crippen LogP contribution in [0.3, 0.4) is 0 Å². The van der Waals surface area contributed by atoms with Crippen LogP contribution in [0.4, 0.5) is 0 Å². The molecule has 0 saturated heterocycles. The average Bonchev–Trinajstić information content (AvgIpc) is 3.28. The lowest BCUT2D eigenvalue weighted by Gasteiger charge is -2.20. The third-order valence-corrected chi connectivity index (χ3v) is 7.55. The molecule has 2 aromatic heterocycles. The maximum atomic E-state index is 14.1. The fourth-order valence-corrected chi connectivity index (χ4v) is 5.89. The minimum atomic E-state index is -4.13. The van der Waals surface area contributed by atoms with E-state index < -0.39 is 19.2 Å². The Labute approximate surface area is 201 Å². The van der Waals surface area contributed by atoms with Crippen molar-refractivity contribution in [2.75, 3.05) is 34.5 Å². The lowest BCUT2D eigenvalue weighted by atomic mass is 9.92. The summed E-state index contributed by atoms with van der Waals surface area (Å²) in [7, 11) is 0.207. The van der Waals surface area contributed by atoms with Gasteiger partial charge in [0.05, 0.1) is 45.7 Å². The van der Waals surface area contributed by atoms with E-state index in [0.29, 0.717) is 11.3 Å². The fourth-order valence-electron chi connectivity index (χ4n) is 3.98. The van der Waals surface area contributed by atoms with E-state index >= 15 is 0 Å². The molecule has 0 spiro atoms. The maximum Gasteiger partial charge on any atom is 0.366 e. The van der Waals surface area contributed by atoms with Crippen LogP contribution in [0.5, 0.6) is 17.2 Å². The van der Waals surface area contributed by atoms with Gasteiger partial charge in [0.2, 0.25) is 11.5 Å². The molecule has 4 rings (SSSR count). The summed E-state index contributed by atoms with van der Waals surface area (Å²) >= 11 is 0. The lowest BCUT2D eigenvalue weighted by Crippen LogP contribution is -2.26. The lowest BCUT2D eigenvalue weighted by molar-refractivity contribution is 0.0957. The molecule has 0 atom stereocenters. The highest BCUT2D eigenvalue weighted by atomic mass is 31.2. The SMILES string of the molecule is CCOP(=O)(OCC)c1c(-c2cc(OC)c(OC)c(OC)c2)oc2c1C(=O)c1cccnc1C2=O. The van der Waals surface area contributed by atoms with Gasteiger partial charge in [-0.05, 0) is 38.1 Å². The highest BCUT2D eigenvalue weighted by molar-refractivity contribution is 7.62. The molecule has 1 aliphatic rings. The number of methoxy groups -OCH3 is 3. The standard InChI is InChI=1S/C24H24NO9P/c1-6-32-35(28,33-7-2)24-17-19(26)14-9-8-10-25-18(14)20(27)23(17)34-21(24)13-11-15(29-3)22(31-5)16(12-13)30-4/h8-12H,6-7H2,1-5H3. The Bertz CT molecular complexity index is 1330. The van der Waals surface area contributed by atoms with Gasteiger partial charge in [0.1, 0.15) is 11.0 Å². The van der Waals surface area contributed by atoms with Crippen molar-refractivity contribution in [1.82, 2.24) is 4.98 Å². The number of ketones is 2. The molecule has 0 amide bonds. The van der Waals surface area contributed by atoms with Gasteiger partial charge in [-0.3, -0.25) is 19.1 Å². The van der Waals surface area contributed by atoms with Crippen LogP contribution in [0.1, 0.15) is 46.0 Å². The number of hydrogen-bond donors (Lipinski definition) is 0. The van der Waals surface area contributed by atoms with Gasteiger partial charge in [-0.1, -0.05) is 0 Å². The first-order valence-corrected chi connectivity index (χ1v) is 12.3. The number of pyridine rings is 1. The van der Waals surface area contributed by atoms with Crippen LogP contribution in [0.15, 0.2) is 34.9 Å². The zero-order chi connectivity index (χ0) is 25.3. The first-order valence-electron chi connectivity index (χ1n) is 10.8. The summed E-state index contributed by atoms with van der Waals surface area (Å²) in [5.41, 5.74) is 0.151. The minimum Gasteiger partial charge on any atom is -0.493 e. The van der Waals surface area contributed by atoms with Crippen LogP contribution in [-0.2, 0) is 13.6 Å². The molecule has 0 radical (unpaired) electrons. The van der Waals surface area contributed by atoms with Crippen molar-refractivity contribution in [3.8, 4) is 28.6 Å². The summed E-state index contributed by atoms with van der Waals surface area (Å²) in [5, 5.41) is -0.140. The van der Waals surface area contributed by atoms with Crippen LogP contribution in [0, 0.1) is 0 Å². The van der Waals surface area contributed by atoms with Gasteiger partial charge >= 0.3 is 7.60 Å². The van der Waals surface area contributed by atoms with Gasteiger partial charge in [0.15, 0.2) is 28.8 Å². The molecular weight excluding hydrogens is 477 g/mol. The topological polar surface area (TPSA) is 123 Å². The molecule has 0 bridgehead atoms. The van der Waals surface area contributed by atoms with Crippen LogP contribution in [-0.4, -0.2) is 51.1 Å². The number of carbonyl (C=O) groups excluding carboxylic acids is 2. The normalized spacial score (nSPS) is 12.8. The van der Waals surface area contributed by atoms with E-state index in [4.69, 9.17) is 27.7 Å². The third-order valence-electron chi connectivity index (χ3n) is 5.38. The van der Waals surface area contributed by atoms with Crippen LogP contribution < -0.4 is 19.5 Å². The minimum absolute atomic E-state index is 0.0200. The van der Waals surface area contributed by atoms with E-state index in [9.17, 15) is 14.2 Å². The Hall–Kier alpha value is -3.46. The van der Waals surface area contributed by atoms with Crippen LogP contribution in [0.25, 0.3) is 11.3 Å². The Balaban J connectivity index is 2.09. The molecule has 184 valence electrons. The number of benzene rings is 1. The Morgan fingerprint density at radius 3 is 2.09 bits per heavy atom. The molecule has 0 aliphatic heterocycles. The van der Waals surface area contributed by atoms with E-state index in [2.05, 4.69) is 4.98 Å². The van der Waals surface area contributed by atoms with Crippen molar-refractivity contribution in [1.29, 1.82) is 0 Å². The summed E-state index contributed by atoms with van der Waals surface area (Å²) in [6.07, 6.45) is 1.41. The summed E-state index contributed by atoms with van der Waals surface area (Å²) in [5.74, 6) is -0.638. The molecule has 0 N–H and O–H groups in total. The number of fused-ring (bicyclic) bond motifs is 2. The van der Waals surface area contributed by atoms with E-state index in [1.807, 2.05) is 0 Å². The second-order valence-corrected chi connectivity index (χ2v) is 9.25. The predicted molar refractivity (Wildman–Crippen MR) is 125 cm³/mol. The molecule has 2 heterocycles. The summed E-state index contributed by atoms with van der Waals surface area (Å²) in [6.45, 7) is 3.32. The molecule has 35 heavy (non-hydrogen) atoms. The van der Waals surface area contributed by atoms with E-state index in [-0.39, 0.29) is 58.4 Å². The smallest absolute Gasteiger partial charge is 0.366 e. The number of ether oxygens (including phenoxy) is 3. The molecule has 1 aliphatic carbocycles. The van der Waals surface area contributed by atoms with E-state index in [0.717, 1.165) is 0 Å². The van der Waals surface area contributed by atoms with Crippen LogP contribution >= 0.6 is 7.60 Å². The highest BCUT2D eigenvalue weighted by Gasteiger charge is 2.46. The summed E-state index contributed by atoms with van der Waals surface area (Å²) < 4.78 is 47.5. The Morgan fingerprint density at radius 1 is 0.914 bits per heavy atom. The van der Waals surface area contributed by atoms with Gasteiger partial charge in [-0.2, -0.15) is 0 Å². The third kappa shape index (κ3) is 3.93. The van der Waals surface area contributed by atoms with Crippen molar-refractivity contribution in [2.24, 2.45) is 0 Å². The van der Waals surface area contributed by atoms with Crippen molar-refractivity contribution in [3.63, 3.8) is 0 Å². The average molecular weight is 501 g/mol. The van der Waals surface area contributed by atoms with Gasteiger partial charge < -0.3 is 27.7 Å². The second kappa shape index (κ2) is 9.65. The number of carbonyl (C=O) groups is 2. The zero-order valence-corrected chi connectivity index (χ0v) is 20.8. The number of aromatic nitrogens is 1. The number of furan rings is 1. The predicted octanol–water partition coefficient (Wildman–Crippen LogP) is 4.03. The quantitative estimate of drug-likeness (QED) is 0.311. The molecular formula is C24H24NO9P. The number of rotatable bonds is 9. The van der Waals surface area contributed by atoms with E-state index in [1.54, 1.807) is 32.0 Å². The van der Waals surface area contributed by atoms with Gasteiger partial charge in [-0.25, -0.2) is 0 Å². The van der Waals surface area contributed by atoms with Crippen LogP contribution in [0.2, 0.25) is 0 Å². The maximum absolute atomic E-state index is 14.1. The monoisotopic (exact) mass is 501 g/mol. The largest absolute Gasteiger partial charge is 0.493 e. The van der Waals surface area contributed by atoms with Gasteiger partial charge in [0, 0.05) is 11.8 Å². The highest BCUT2D eigenvalue weighted by Crippen LogP contribution is 2.53. The first kappa shape index (κ1) is 24.7. The summed E-state index contributed by atoms with van der Waals surface area (Å²) in [4.78, 5) is 30.9. The van der Waals surface area contributed by atoms with Gasteiger partial charge in [-0.15, -0.1) is 0 Å². The molecule has 3 aromatic rings. The molecule has 1 aromatic carbocycles. The molecule has 0 saturated carbocycles. The molecule has 0 fully saturated rings. The second-order valence-electron chi connectivity index (χ2n) is 7.29. The first-order chi connectivity index (χ1) is 16.8. The fraction of sp³-hybridized carbons (Fsp3) is 0.292. The molecule has 11 heteroatoms. The Kier molecular flexibility index (Phi) is 6.80. The molecule has 0 unspecified atom stereocenters. The Morgan fingerprint density at radius 2 is 1.54 bits per heavy atom. The van der Waals surface area contributed by atoms with Crippen molar-refractivity contribution in [2.45, 2.75) is 13.8 Å². The van der Waals surface area contributed by atoms with Gasteiger partial charge in [0.25, 0.3) is 0 Å². The molecule has 10 nitrogen and oxygen atoms in total. The number of nitrogens with zero attached hydrogens (tertiary/aromatic N) is 1. The zero-order valence-electron chi connectivity index (χ0n) is 19.9. The van der Waals surface area contributed by atoms with E-state index in [1.165, 1.54) is 33.6 Å². The summed E-state index contributed by atoms with van der Waals surface area (Å²) in [6, 6.07) is 6.13. The number of hydrogen-bond acceptors (Lipinski definition) is 10. The van der Waals surface area contributed by atoms with Crippen molar-refractivity contribution < 1.29 is 41.8 Å².